The van der Waals surface area contributed by atoms with Crippen molar-refractivity contribution in [2.75, 3.05) is 56.7 Å². The zero-order valence-electron chi connectivity index (χ0n) is 19.4. The second-order valence-electron chi connectivity index (χ2n) is 9.60. The lowest BCUT2D eigenvalue weighted by Gasteiger charge is -2.40. The Labute approximate surface area is 186 Å². The van der Waals surface area contributed by atoms with Crippen molar-refractivity contribution in [2.24, 2.45) is 0 Å². The molecule has 0 bridgehead atoms. The van der Waals surface area contributed by atoms with E-state index in [0.29, 0.717) is 18.1 Å². The summed E-state index contributed by atoms with van der Waals surface area (Å²) in [4.78, 5) is 17.6. The molecule has 1 saturated heterocycles. The van der Waals surface area contributed by atoms with Crippen molar-refractivity contribution in [1.29, 1.82) is 0 Å². The predicted octanol–water partition coefficient (Wildman–Crippen LogP) is 4.04. The number of hydrogen-bond acceptors (Lipinski definition) is 6. The molecule has 2 aliphatic carbocycles. The molecule has 0 N–H and O–H groups in total. The van der Waals surface area contributed by atoms with Gasteiger partial charge in [-0.15, -0.1) is 0 Å². The summed E-state index contributed by atoms with van der Waals surface area (Å²) in [6.45, 7) is 7.51. The van der Waals surface area contributed by atoms with Gasteiger partial charge in [0.15, 0.2) is 0 Å². The number of methoxy groups -OCH3 is 1. The second-order valence-corrected chi connectivity index (χ2v) is 9.60. The van der Waals surface area contributed by atoms with Gasteiger partial charge in [-0.25, -0.2) is 9.97 Å². The molecule has 3 fully saturated rings. The van der Waals surface area contributed by atoms with Crippen LogP contribution in [0.4, 0.5) is 11.5 Å². The number of nitrogens with zero attached hydrogens (tertiary/aromatic N) is 5. The zero-order valence-corrected chi connectivity index (χ0v) is 19.4. The van der Waals surface area contributed by atoms with E-state index in [-0.39, 0.29) is 0 Å². The highest BCUT2D eigenvalue weighted by Gasteiger charge is 2.35. The molecule has 31 heavy (non-hydrogen) atoms. The molecule has 1 aliphatic heterocycles. The topological polar surface area (TPSA) is 44.7 Å². The molecule has 2 saturated carbocycles. The number of hydrogen-bond donors (Lipinski definition) is 0. The van der Waals surface area contributed by atoms with E-state index in [1.54, 1.807) is 0 Å². The Morgan fingerprint density at radius 3 is 2.58 bits per heavy atom. The summed E-state index contributed by atoms with van der Waals surface area (Å²) >= 11 is 0. The van der Waals surface area contributed by atoms with Gasteiger partial charge in [0, 0.05) is 69.9 Å². The smallest absolute Gasteiger partial charge is 0.140 e. The molecule has 1 aromatic carbocycles. The Morgan fingerprint density at radius 1 is 1.06 bits per heavy atom. The van der Waals surface area contributed by atoms with Gasteiger partial charge in [-0.2, -0.15) is 0 Å². The minimum absolute atomic E-state index is 0.407. The minimum Gasteiger partial charge on any atom is -0.380 e. The summed E-state index contributed by atoms with van der Waals surface area (Å²) in [5.41, 5.74) is 2.35. The van der Waals surface area contributed by atoms with E-state index in [1.165, 1.54) is 43.2 Å². The number of aromatic nitrogens is 2. The molecule has 6 nitrogen and oxygen atoms in total. The fraction of sp³-hybridized carbons (Fsp3) is 0.680. The lowest BCUT2D eigenvalue weighted by molar-refractivity contribution is 0.0306. The first kappa shape index (κ1) is 21.0. The quantitative estimate of drug-likeness (QED) is 0.670. The summed E-state index contributed by atoms with van der Waals surface area (Å²) in [7, 11) is 4.05. The monoisotopic (exact) mass is 423 g/mol. The molecule has 0 radical (unpaired) electrons. The maximum absolute atomic E-state index is 5.77. The predicted molar refractivity (Wildman–Crippen MR) is 127 cm³/mol. The summed E-state index contributed by atoms with van der Waals surface area (Å²) in [5, 5.41) is 1.20. The van der Waals surface area contributed by atoms with Crippen LogP contribution in [0.3, 0.4) is 0 Å². The fourth-order valence-electron chi connectivity index (χ4n) is 5.45. The van der Waals surface area contributed by atoms with Gasteiger partial charge in [0.25, 0.3) is 0 Å². The molecule has 6 heteroatoms. The van der Waals surface area contributed by atoms with Crippen LogP contribution < -0.4 is 9.80 Å². The van der Waals surface area contributed by atoms with Crippen LogP contribution in [-0.4, -0.2) is 73.9 Å². The Bertz CT molecular complexity index is 906. The molecule has 168 valence electrons. The van der Waals surface area contributed by atoms with Gasteiger partial charge in [0.1, 0.15) is 11.6 Å². The maximum Gasteiger partial charge on any atom is 0.140 e. The molecular weight excluding hydrogens is 386 g/mol. The third-order valence-corrected chi connectivity index (χ3v) is 7.42. The Hall–Kier alpha value is -1.92. The molecular formula is C25H37N5O. The molecule has 2 unspecified atom stereocenters. The third kappa shape index (κ3) is 4.24. The lowest BCUT2D eigenvalue weighted by atomic mass is 10.1. The Morgan fingerprint density at radius 2 is 1.87 bits per heavy atom. The van der Waals surface area contributed by atoms with E-state index in [2.05, 4.69) is 46.9 Å². The molecule has 2 aromatic rings. The third-order valence-electron chi connectivity index (χ3n) is 7.42. The highest BCUT2D eigenvalue weighted by atomic mass is 16.5. The maximum atomic E-state index is 5.77. The van der Waals surface area contributed by atoms with Crippen LogP contribution in [0.15, 0.2) is 18.2 Å². The first-order valence-electron chi connectivity index (χ1n) is 12.2. The number of piperazine rings is 1. The van der Waals surface area contributed by atoms with Crippen LogP contribution in [0.1, 0.15) is 57.2 Å². The zero-order chi connectivity index (χ0) is 21.4. The van der Waals surface area contributed by atoms with E-state index in [0.717, 1.165) is 56.3 Å². The minimum atomic E-state index is 0.407. The number of fused-ring (bicyclic) bond motifs is 1. The summed E-state index contributed by atoms with van der Waals surface area (Å²) in [5.74, 6) is 2.76. The molecule has 2 heterocycles. The largest absolute Gasteiger partial charge is 0.380 e. The van der Waals surface area contributed by atoms with Crippen LogP contribution in [0, 0.1) is 0 Å². The first-order valence-corrected chi connectivity index (χ1v) is 12.2. The van der Waals surface area contributed by atoms with Gasteiger partial charge in [-0.1, -0.05) is 6.92 Å². The van der Waals surface area contributed by atoms with E-state index < -0.39 is 0 Å². The van der Waals surface area contributed by atoms with Crippen molar-refractivity contribution >= 4 is 22.4 Å². The van der Waals surface area contributed by atoms with Crippen molar-refractivity contribution in [3.63, 3.8) is 0 Å². The SMILES string of the molecule is CCCN(C)c1ccc2nc(C3CC3)nc(N3CCN(C4CCCC4OC)CC3)c2c1. The Balaban J connectivity index is 1.42. The highest BCUT2D eigenvalue weighted by Crippen LogP contribution is 2.40. The van der Waals surface area contributed by atoms with Crippen molar-refractivity contribution in [1.82, 2.24) is 14.9 Å². The van der Waals surface area contributed by atoms with Crippen LogP contribution in [0.2, 0.25) is 0 Å². The molecule has 5 rings (SSSR count). The van der Waals surface area contributed by atoms with Crippen LogP contribution >= 0.6 is 0 Å². The standard InChI is InChI=1S/C25H37N5O/c1-4-12-28(2)19-10-11-21-20(17-19)25(27-24(26-21)18-8-9-18)30-15-13-29(14-16-30)22-6-5-7-23(22)31-3/h10-11,17-18,22-23H,4-9,12-16H2,1-3H3. The van der Waals surface area contributed by atoms with Crippen molar-refractivity contribution in [2.45, 2.75) is 63.5 Å². The molecule has 1 aromatic heterocycles. The molecule has 3 aliphatic rings. The number of rotatable bonds is 7. The van der Waals surface area contributed by atoms with E-state index in [4.69, 9.17) is 14.7 Å². The van der Waals surface area contributed by atoms with Crippen LogP contribution in [0.5, 0.6) is 0 Å². The number of benzene rings is 1. The van der Waals surface area contributed by atoms with E-state index in [1.807, 2.05) is 7.11 Å². The van der Waals surface area contributed by atoms with Gasteiger partial charge >= 0.3 is 0 Å². The van der Waals surface area contributed by atoms with Crippen molar-refractivity contribution in [3.05, 3.63) is 24.0 Å². The number of anilines is 2. The summed E-state index contributed by atoms with van der Waals surface area (Å²) < 4.78 is 5.77. The van der Waals surface area contributed by atoms with Crippen LogP contribution in [-0.2, 0) is 4.74 Å². The Kier molecular flexibility index (Phi) is 6.02. The van der Waals surface area contributed by atoms with Gasteiger partial charge in [-0.3, -0.25) is 4.90 Å². The van der Waals surface area contributed by atoms with Gasteiger partial charge in [0.2, 0.25) is 0 Å². The highest BCUT2D eigenvalue weighted by molar-refractivity contribution is 5.92. The molecule has 0 amide bonds. The van der Waals surface area contributed by atoms with Gasteiger partial charge in [-0.05, 0) is 56.7 Å². The fourth-order valence-corrected chi connectivity index (χ4v) is 5.45. The van der Waals surface area contributed by atoms with E-state index in [9.17, 15) is 0 Å². The average Bonchev–Trinajstić information content (AvgIpc) is 3.55. The van der Waals surface area contributed by atoms with E-state index >= 15 is 0 Å². The summed E-state index contributed by atoms with van der Waals surface area (Å²) in [6, 6.07) is 7.31. The number of ether oxygens (including phenoxy) is 1. The van der Waals surface area contributed by atoms with Gasteiger partial charge < -0.3 is 14.5 Å². The average molecular weight is 424 g/mol. The summed E-state index contributed by atoms with van der Waals surface area (Å²) in [6.07, 6.45) is 7.78. The normalized spacial score (nSPS) is 24.8. The van der Waals surface area contributed by atoms with Crippen LogP contribution in [0.25, 0.3) is 10.9 Å². The van der Waals surface area contributed by atoms with Gasteiger partial charge in [0.05, 0.1) is 11.6 Å². The van der Waals surface area contributed by atoms with Crippen molar-refractivity contribution < 1.29 is 4.74 Å². The molecule has 0 spiro atoms. The van der Waals surface area contributed by atoms with Crippen molar-refractivity contribution in [3.8, 4) is 0 Å². The molecule has 2 atom stereocenters. The second kappa shape index (κ2) is 8.91. The first-order chi connectivity index (χ1) is 15.2. The lowest BCUT2D eigenvalue weighted by Crippen LogP contribution is -2.52.